The summed E-state index contributed by atoms with van der Waals surface area (Å²) >= 11 is 0. The largest absolute Gasteiger partial charge is 0.465 e. The van der Waals surface area contributed by atoms with E-state index in [0.717, 1.165) is 29.7 Å². The SMILES string of the molecule is COC(=O)c1ccc(C)c(NC(=O)CN2C(=O)N[C@@]3(CCCC[C@H]3C)C2=O)c1. The van der Waals surface area contributed by atoms with Crippen LogP contribution in [-0.2, 0) is 14.3 Å². The van der Waals surface area contributed by atoms with Gasteiger partial charge in [-0.15, -0.1) is 0 Å². The first kappa shape index (κ1) is 19.9. The fourth-order valence-electron chi connectivity index (χ4n) is 3.97. The molecule has 1 saturated heterocycles. The summed E-state index contributed by atoms with van der Waals surface area (Å²) in [6.07, 6.45) is 3.36. The molecule has 1 spiro atoms. The van der Waals surface area contributed by atoms with Crippen molar-refractivity contribution >= 4 is 29.5 Å². The summed E-state index contributed by atoms with van der Waals surface area (Å²) in [5.74, 6) is -1.32. The van der Waals surface area contributed by atoms with Crippen molar-refractivity contribution in [3.05, 3.63) is 29.3 Å². The van der Waals surface area contributed by atoms with E-state index in [4.69, 9.17) is 0 Å². The average molecular weight is 387 g/mol. The summed E-state index contributed by atoms with van der Waals surface area (Å²) < 4.78 is 4.69. The van der Waals surface area contributed by atoms with Crippen LogP contribution in [0.25, 0.3) is 0 Å². The van der Waals surface area contributed by atoms with E-state index in [1.165, 1.54) is 13.2 Å². The molecule has 8 nitrogen and oxygen atoms in total. The van der Waals surface area contributed by atoms with Gasteiger partial charge in [0.2, 0.25) is 5.91 Å². The molecule has 1 saturated carbocycles. The van der Waals surface area contributed by atoms with E-state index < -0.39 is 23.4 Å². The van der Waals surface area contributed by atoms with E-state index in [1.807, 2.05) is 6.92 Å². The van der Waals surface area contributed by atoms with Gasteiger partial charge in [-0.25, -0.2) is 9.59 Å². The Kier molecular flexibility index (Phi) is 5.40. The normalized spacial score (nSPS) is 24.2. The van der Waals surface area contributed by atoms with Crippen molar-refractivity contribution in [2.45, 2.75) is 45.1 Å². The van der Waals surface area contributed by atoms with Crippen LogP contribution in [0.1, 0.15) is 48.5 Å². The molecule has 0 unspecified atom stereocenters. The molecule has 1 aromatic carbocycles. The number of carbonyl (C=O) groups is 4. The van der Waals surface area contributed by atoms with Gasteiger partial charge in [0.1, 0.15) is 12.1 Å². The summed E-state index contributed by atoms with van der Waals surface area (Å²) in [4.78, 5) is 50.5. The van der Waals surface area contributed by atoms with Gasteiger partial charge < -0.3 is 15.4 Å². The molecule has 0 radical (unpaired) electrons. The summed E-state index contributed by atoms with van der Waals surface area (Å²) in [6, 6.07) is 4.26. The van der Waals surface area contributed by atoms with E-state index in [1.54, 1.807) is 19.1 Å². The monoisotopic (exact) mass is 387 g/mol. The molecular formula is C20H25N3O5. The number of imide groups is 1. The van der Waals surface area contributed by atoms with Crippen LogP contribution >= 0.6 is 0 Å². The third-order valence-corrected chi connectivity index (χ3v) is 5.74. The number of benzene rings is 1. The second-order valence-corrected chi connectivity index (χ2v) is 7.51. The molecule has 1 aliphatic heterocycles. The Morgan fingerprint density at radius 3 is 2.75 bits per heavy atom. The Labute approximate surface area is 163 Å². The molecule has 28 heavy (non-hydrogen) atoms. The maximum absolute atomic E-state index is 12.9. The van der Waals surface area contributed by atoms with Crippen molar-refractivity contribution in [1.29, 1.82) is 0 Å². The Morgan fingerprint density at radius 2 is 2.07 bits per heavy atom. The van der Waals surface area contributed by atoms with Crippen molar-refractivity contribution in [1.82, 2.24) is 10.2 Å². The first-order valence-corrected chi connectivity index (χ1v) is 9.41. The zero-order valence-electron chi connectivity index (χ0n) is 16.3. The molecule has 2 atom stereocenters. The Hall–Kier alpha value is -2.90. The van der Waals surface area contributed by atoms with Gasteiger partial charge in [0.05, 0.1) is 12.7 Å². The summed E-state index contributed by atoms with van der Waals surface area (Å²) in [7, 11) is 1.28. The van der Waals surface area contributed by atoms with Gasteiger partial charge in [-0.2, -0.15) is 0 Å². The Balaban J connectivity index is 1.72. The number of amides is 4. The highest BCUT2D eigenvalue weighted by atomic mass is 16.5. The number of nitrogens with zero attached hydrogens (tertiary/aromatic N) is 1. The fraction of sp³-hybridized carbons (Fsp3) is 0.500. The van der Waals surface area contributed by atoms with E-state index in [9.17, 15) is 19.2 Å². The van der Waals surface area contributed by atoms with Gasteiger partial charge in [-0.3, -0.25) is 14.5 Å². The maximum Gasteiger partial charge on any atom is 0.337 e. The van der Waals surface area contributed by atoms with Crippen LogP contribution in [0.15, 0.2) is 18.2 Å². The Morgan fingerprint density at radius 1 is 1.32 bits per heavy atom. The highest BCUT2D eigenvalue weighted by molar-refractivity contribution is 6.10. The number of methoxy groups -OCH3 is 1. The minimum atomic E-state index is -0.893. The molecule has 2 fully saturated rings. The van der Waals surface area contributed by atoms with Crippen molar-refractivity contribution in [2.75, 3.05) is 19.0 Å². The van der Waals surface area contributed by atoms with Crippen LogP contribution in [0.5, 0.6) is 0 Å². The smallest absolute Gasteiger partial charge is 0.337 e. The zero-order valence-corrected chi connectivity index (χ0v) is 16.3. The van der Waals surface area contributed by atoms with Gasteiger partial charge in [-0.05, 0) is 43.4 Å². The highest BCUT2D eigenvalue weighted by Crippen LogP contribution is 2.38. The first-order chi connectivity index (χ1) is 13.3. The van der Waals surface area contributed by atoms with Crippen LogP contribution < -0.4 is 10.6 Å². The molecule has 150 valence electrons. The summed E-state index contributed by atoms with van der Waals surface area (Å²) in [6.45, 7) is 3.37. The predicted molar refractivity (Wildman–Crippen MR) is 102 cm³/mol. The molecule has 2 N–H and O–H groups in total. The quantitative estimate of drug-likeness (QED) is 0.609. The molecule has 1 aromatic rings. The van der Waals surface area contributed by atoms with Gasteiger partial charge in [0.25, 0.3) is 5.91 Å². The minimum absolute atomic E-state index is 0.0322. The lowest BCUT2D eigenvalue weighted by Crippen LogP contribution is -2.54. The third-order valence-electron chi connectivity index (χ3n) is 5.74. The second-order valence-electron chi connectivity index (χ2n) is 7.51. The van der Waals surface area contributed by atoms with E-state index >= 15 is 0 Å². The van der Waals surface area contributed by atoms with Crippen LogP contribution in [0.3, 0.4) is 0 Å². The van der Waals surface area contributed by atoms with E-state index in [2.05, 4.69) is 15.4 Å². The van der Waals surface area contributed by atoms with Crippen LogP contribution in [0, 0.1) is 12.8 Å². The number of rotatable bonds is 4. The zero-order chi connectivity index (χ0) is 20.5. The average Bonchev–Trinajstić information content (AvgIpc) is 2.90. The molecular weight excluding hydrogens is 362 g/mol. The fourth-order valence-corrected chi connectivity index (χ4v) is 3.97. The number of ether oxygens (including phenoxy) is 1. The summed E-state index contributed by atoms with van der Waals surface area (Å²) in [5.41, 5.74) is 0.584. The number of esters is 1. The van der Waals surface area contributed by atoms with E-state index in [0.29, 0.717) is 17.7 Å². The number of urea groups is 1. The van der Waals surface area contributed by atoms with Crippen LogP contribution in [-0.4, -0.2) is 47.9 Å². The summed E-state index contributed by atoms with van der Waals surface area (Å²) in [5, 5.41) is 5.51. The molecule has 8 heteroatoms. The van der Waals surface area contributed by atoms with Gasteiger partial charge in [0.15, 0.2) is 0 Å². The molecule has 0 bridgehead atoms. The minimum Gasteiger partial charge on any atom is -0.465 e. The van der Waals surface area contributed by atoms with Crippen LogP contribution in [0.4, 0.5) is 10.5 Å². The number of nitrogens with one attached hydrogen (secondary N) is 2. The van der Waals surface area contributed by atoms with Gasteiger partial charge >= 0.3 is 12.0 Å². The van der Waals surface area contributed by atoms with Crippen molar-refractivity contribution in [2.24, 2.45) is 5.92 Å². The lowest BCUT2D eigenvalue weighted by Gasteiger charge is -2.36. The van der Waals surface area contributed by atoms with Crippen molar-refractivity contribution < 1.29 is 23.9 Å². The molecule has 1 aliphatic carbocycles. The number of hydrogen-bond donors (Lipinski definition) is 2. The molecule has 0 aromatic heterocycles. The molecule has 2 aliphatic rings. The van der Waals surface area contributed by atoms with Crippen molar-refractivity contribution in [3.8, 4) is 0 Å². The molecule has 1 heterocycles. The van der Waals surface area contributed by atoms with Crippen molar-refractivity contribution in [3.63, 3.8) is 0 Å². The number of hydrogen-bond acceptors (Lipinski definition) is 5. The van der Waals surface area contributed by atoms with E-state index in [-0.39, 0.29) is 18.4 Å². The topological polar surface area (TPSA) is 105 Å². The first-order valence-electron chi connectivity index (χ1n) is 9.41. The molecule has 4 amide bonds. The standard InChI is InChI=1S/C20H25N3O5/c1-12-7-8-14(17(25)28-3)10-15(12)21-16(24)11-23-18(26)20(22-19(23)27)9-5-4-6-13(20)2/h7-8,10,13H,4-6,9,11H2,1-3H3,(H,21,24)(H,22,27)/t13-,20-/m1/s1. The number of carbonyl (C=O) groups excluding carboxylic acids is 4. The second kappa shape index (κ2) is 7.61. The number of aryl methyl sites for hydroxylation is 1. The Bertz CT molecular complexity index is 837. The lowest BCUT2D eigenvalue weighted by atomic mass is 9.73. The number of anilines is 1. The van der Waals surface area contributed by atoms with Crippen LogP contribution in [0.2, 0.25) is 0 Å². The lowest BCUT2D eigenvalue weighted by molar-refractivity contribution is -0.136. The highest BCUT2D eigenvalue weighted by Gasteiger charge is 2.55. The van der Waals surface area contributed by atoms with Gasteiger partial charge in [-0.1, -0.05) is 25.8 Å². The molecule has 3 rings (SSSR count). The third kappa shape index (κ3) is 3.46. The predicted octanol–water partition coefficient (Wildman–Crippen LogP) is 2.22. The van der Waals surface area contributed by atoms with Gasteiger partial charge in [0, 0.05) is 5.69 Å². The maximum atomic E-state index is 12.9.